The van der Waals surface area contributed by atoms with Gasteiger partial charge in [0, 0.05) is 27.2 Å². The Bertz CT molecular complexity index is 481. The van der Waals surface area contributed by atoms with Gasteiger partial charge in [0.15, 0.2) is 0 Å². The Morgan fingerprint density at radius 2 is 2.15 bits per heavy atom. The minimum absolute atomic E-state index is 0.0389. The first kappa shape index (κ1) is 17.0. The van der Waals surface area contributed by atoms with Crippen LogP contribution in [0.3, 0.4) is 0 Å². The summed E-state index contributed by atoms with van der Waals surface area (Å²) in [5, 5.41) is 13.5. The van der Waals surface area contributed by atoms with Crippen LogP contribution in [0.25, 0.3) is 0 Å². The highest BCUT2D eigenvalue weighted by atomic mass is 79.9. The summed E-state index contributed by atoms with van der Waals surface area (Å²) < 4.78 is 6.04. The molecule has 1 unspecified atom stereocenters. The lowest BCUT2D eigenvalue weighted by Crippen LogP contribution is -2.35. The van der Waals surface area contributed by atoms with Crippen LogP contribution < -0.4 is 5.32 Å². The van der Waals surface area contributed by atoms with Gasteiger partial charge in [-0.1, -0.05) is 0 Å². The van der Waals surface area contributed by atoms with Crippen molar-refractivity contribution in [3.63, 3.8) is 0 Å². The number of carbonyl (C=O) groups is 2. The molecule has 0 aromatic carbocycles. The van der Waals surface area contributed by atoms with E-state index in [9.17, 15) is 9.59 Å². The van der Waals surface area contributed by atoms with Gasteiger partial charge in [-0.05, 0) is 42.8 Å². The number of alkyl carbamates (subject to hydrolysis) is 1. The summed E-state index contributed by atoms with van der Waals surface area (Å²) >= 11 is 4.80. The number of ether oxygens (including phenoxy) is 1. The summed E-state index contributed by atoms with van der Waals surface area (Å²) in [4.78, 5) is 23.4. The average molecular weight is 364 g/mol. The normalized spacial score (nSPS) is 12.8. The number of rotatable bonds is 5. The van der Waals surface area contributed by atoms with E-state index in [2.05, 4.69) is 21.2 Å². The third kappa shape index (κ3) is 6.38. The molecule has 1 heterocycles. The van der Waals surface area contributed by atoms with Crippen molar-refractivity contribution in [2.45, 2.75) is 38.7 Å². The van der Waals surface area contributed by atoms with E-state index in [-0.39, 0.29) is 18.9 Å². The van der Waals surface area contributed by atoms with Crippen molar-refractivity contribution in [2.24, 2.45) is 0 Å². The third-order valence-electron chi connectivity index (χ3n) is 2.30. The number of amides is 1. The zero-order valence-electron chi connectivity index (χ0n) is 11.6. The Labute approximate surface area is 130 Å². The van der Waals surface area contributed by atoms with Crippen LogP contribution in [0.4, 0.5) is 4.79 Å². The van der Waals surface area contributed by atoms with Crippen LogP contribution in [0, 0.1) is 0 Å². The molecular formula is C13H18BrNO4S. The second kappa shape index (κ2) is 7.08. The smallest absolute Gasteiger partial charge is 0.407 e. The van der Waals surface area contributed by atoms with Gasteiger partial charge in [-0.2, -0.15) is 0 Å². The minimum atomic E-state index is -0.898. The van der Waals surface area contributed by atoms with Gasteiger partial charge in [0.1, 0.15) is 5.60 Å². The molecule has 1 aromatic heterocycles. The Morgan fingerprint density at radius 3 is 2.60 bits per heavy atom. The van der Waals surface area contributed by atoms with Gasteiger partial charge >= 0.3 is 12.1 Å². The molecule has 0 saturated heterocycles. The first-order chi connectivity index (χ1) is 9.17. The summed E-state index contributed by atoms with van der Waals surface area (Å²) in [7, 11) is 0. The van der Waals surface area contributed by atoms with Crippen molar-refractivity contribution in [1.82, 2.24) is 5.32 Å². The highest BCUT2D eigenvalue weighted by Gasteiger charge is 2.21. The predicted octanol–water partition coefficient (Wildman–Crippen LogP) is 3.59. The molecule has 0 bridgehead atoms. The molecule has 20 heavy (non-hydrogen) atoms. The van der Waals surface area contributed by atoms with Gasteiger partial charge in [0.05, 0.1) is 6.42 Å². The average Bonchev–Trinajstić information content (AvgIpc) is 2.68. The fraction of sp³-hybridized carbons (Fsp3) is 0.538. The van der Waals surface area contributed by atoms with E-state index in [1.807, 2.05) is 11.4 Å². The van der Waals surface area contributed by atoms with Gasteiger partial charge < -0.3 is 15.2 Å². The minimum Gasteiger partial charge on any atom is -0.481 e. The number of hydrogen-bond donors (Lipinski definition) is 2. The maximum Gasteiger partial charge on any atom is 0.407 e. The fourth-order valence-corrected chi connectivity index (χ4v) is 3.10. The van der Waals surface area contributed by atoms with Crippen molar-refractivity contribution < 1.29 is 19.4 Å². The van der Waals surface area contributed by atoms with E-state index in [0.717, 1.165) is 9.35 Å². The zero-order valence-corrected chi connectivity index (χ0v) is 14.0. The molecule has 2 N–H and O–H groups in total. The summed E-state index contributed by atoms with van der Waals surface area (Å²) in [5.41, 5.74) is -0.571. The number of hydrogen-bond acceptors (Lipinski definition) is 4. The van der Waals surface area contributed by atoms with Crippen LogP contribution in [0.1, 0.15) is 38.0 Å². The van der Waals surface area contributed by atoms with Crippen molar-refractivity contribution in [3.05, 3.63) is 20.8 Å². The van der Waals surface area contributed by atoms with Gasteiger partial charge in [0.2, 0.25) is 0 Å². The number of aliphatic carboxylic acids is 1. The van der Waals surface area contributed by atoms with Gasteiger partial charge in [-0.25, -0.2) is 4.79 Å². The molecule has 1 rings (SSSR count). The van der Waals surface area contributed by atoms with Crippen LogP contribution in [0.2, 0.25) is 0 Å². The topological polar surface area (TPSA) is 75.6 Å². The lowest BCUT2D eigenvalue weighted by atomic mass is 10.0. The number of carboxylic acid groups (broad SMARTS) is 1. The Balaban J connectivity index is 2.62. The van der Waals surface area contributed by atoms with Crippen molar-refractivity contribution in [3.8, 4) is 0 Å². The maximum atomic E-state index is 11.6. The Morgan fingerprint density at radius 1 is 1.50 bits per heavy atom. The zero-order chi connectivity index (χ0) is 15.3. The number of halogens is 1. The molecule has 1 atom stereocenters. The summed E-state index contributed by atoms with van der Waals surface area (Å²) in [6.45, 7) is 5.56. The number of thiophene rings is 1. The molecular weight excluding hydrogens is 346 g/mol. The van der Waals surface area contributed by atoms with Gasteiger partial charge in [-0.15, -0.1) is 11.3 Å². The second-order valence-corrected chi connectivity index (χ2v) is 7.20. The molecule has 1 aromatic rings. The molecule has 0 aliphatic rings. The first-order valence-corrected chi connectivity index (χ1v) is 7.77. The largest absolute Gasteiger partial charge is 0.481 e. The molecule has 0 aliphatic carbocycles. The molecule has 112 valence electrons. The van der Waals surface area contributed by atoms with Crippen molar-refractivity contribution in [1.29, 1.82) is 0 Å². The van der Waals surface area contributed by atoms with E-state index in [0.29, 0.717) is 0 Å². The predicted molar refractivity (Wildman–Crippen MR) is 81.2 cm³/mol. The monoisotopic (exact) mass is 363 g/mol. The van der Waals surface area contributed by atoms with E-state index in [4.69, 9.17) is 9.84 Å². The number of carbonyl (C=O) groups excluding carboxylic acids is 1. The van der Waals surface area contributed by atoms with Crippen LogP contribution in [0.5, 0.6) is 0 Å². The standard InChI is InChI=1S/C13H18BrNO4S/c1-13(2,3)19-12(18)15-6-8(4-11(16)17)10-5-9(14)7-20-10/h5,7-8H,4,6H2,1-3H3,(H,15,18)(H,16,17). The van der Waals surface area contributed by atoms with Crippen molar-refractivity contribution >= 4 is 39.3 Å². The van der Waals surface area contributed by atoms with E-state index in [1.54, 1.807) is 20.8 Å². The van der Waals surface area contributed by atoms with E-state index >= 15 is 0 Å². The first-order valence-electron chi connectivity index (χ1n) is 6.10. The molecule has 0 fully saturated rings. The van der Waals surface area contributed by atoms with Crippen molar-refractivity contribution in [2.75, 3.05) is 6.54 Å². The maximum absolute atomic E-state index is 11.6. The molecule has 7 heteroatoms. The second-order valence-electron chi connectivity index (χ2n) is 5.34. The lowest BCUT2D eigenvalue weighted by Gasteiger charge is -2.21. The third-order valence-corrected chi connectivity index (χ3v) is 4.16. The molecule has 1 amide bonds. The highest BCUT2D eigenvalue weighted by molar-refractivity contribution is 9.10. The van der Waals surface area contributed by atoms with E-state index < -0.39 is 17.7 Å². The Kier molecular flexibility index (Phi) is 6.01. The molecule has 0 saturated carbocycles. The van der Waals surface area contributed by atoms with Crippen LogP contribution in [-0.4, -0.2) is 29.3 Å². The molecule has 0 radical (unpaired) electrons. The van der Waals surface area contributed by atoms with Crippen LogP contribution in [-0.2, 0) is 9.53 Å². The summed E-state index contributed by atoms with van der Waals surface area (Å²) in [6.07, 6.45) is -0.577. The number of carboxylic acids is 1. The summed E-state index contributed by atoms with van der Waals surface area (Å²) in [6, 6.07) is 1.87. The summed E-state index contributed by atoms with van der Waals surface area (Å²) in [5.74, 6) is -1.16. The molecule has 0 aliphatic heterocycles. The fourth-order valence-electron chi connectivity index (χ4n) is 1.55. The molecule has 5 nitrogen and oxygen atoms in total. The quantitative estimate of drug-likeness (QED) is 0.837. The molecule has 0 spiro atoms. The van der Waals surface area contributed by atoms with Crippen LogP contribution in [0.15, 0.2) is 15.9 Å². The lowest BCUT2D eigenvalue weighted by molar-refractivity contribution is -0.137. The number of nitrogens with one attached hydrogen (secondary N) is 1. The van der Waals surface area contributed by atoms with E-state index in [1.165, 1.54) is 11.3 Å². The van der Waals surface area contributed by atoms with Crippen LogP contribution >= 0.6 is 27.3 Å². The Hall–Kier alpha value is -1.08. The van der Waals surface area contributed by atoms with Gasteiger partial charge in [-0.3, -0.25) is 4.79 Å². The SMILES string of the molecule is CC(C)(C)OC(=O)NCC(CC(=O)O)c1cc(Br)cs1. The highest BCUT2D eigenvalue weighted by Crippen LogP contribution is 2.29. The van der Waals surface area contributed by atoms with Gasteiger partial charge in [0.25, 0.3) is 0 Å².